The molecule has 4 rings (SSSR count). The number of hydrogen-bond acceptors (Lipinski definition) is 5. The van der Waals surface area contributed by atoms with Gasteiger partial charge in [0.05, 0.1) is 13.2 Å². The lowest BCUT2D eigenvalue weighted by Gasteiger charge is -2.20. The van der Waals surface area contributed by atoms with Crippen LogP contribution in [-0.4, -0.2) is 31.0 Å². The number of amides is 2. The van der Waals surface area contributed by atoms with Crippen molar-refractivity contribution in [2.75, 3.05) is 13.2 Å². The Bertz CT molecular complexity index is 1290. The number of unbranched alkanes of at least 4 members (excludes halogenated alkanes) is 2. The van der Waals surface area contributed by atoms with Crippen LogP contribution in [0.1, 0.15) is 78.9 Å². The molecule has 3 aromatic rings. The van der Waals surface area contributed by atoms with Gasteiger partial charge in [0.1, 0.15) is 11.8 Å². The Morgan fingerprint density at radius 3 is 2.41 bits per heavy atom. The Morgan fingerprint density at radius 1 is 0.949 bits per heavy atom. The van der Waals surface area contributed by atoms with E-state index in [1.165, 1.54) is 0 Å². The first-order valence-corrected chi connectivity index (χ1v) is 13.6. The van der Waals surface area contributed by atoms with Crippen molar-refractivity contribution in [1.29, 1.82) is 0 Å². The highest BCUT2D eigenvalue weighted by atomic mass is 16.5. The second-order valence-corrected chi connectivity index (χ2v) is 9.75. The third-order valence-electron chi connectivity index (χ3n) is 6.79. The number of nitrogens with two attached hydrogens (primary N) is 1. The Hall–Kier alpha value is -4.13. The molecule has 0 spiro atoms. The van der Waals surface area contributed by atoms with Crippen LogP contribution >= 0.6 is 0 Å². The minimum Gasteiger partial charge on any atom is -0.493 e. The maximum absolute atomic E-state index is 13.3. The maximum Gasteiger partial charge on any atom is 0.305 e. The number of primary amides is 1. The summed E-state index contributed by atoms with van der Waals surface area (Å²) >= 11 is 0. The molecule has 0 aromatic heterocycles. The van der Waals surface area contributed by atoms with Crippen LogP contribution in [0.2, 0.25) is 0 Å². The van der Waals surface area contributed by atoms with E-state index in [1.54, 1.807) is 31.2 Å². The van der Waals surface area contributed by atoms with Gasteiger partial charge in [-0.1, -0.05) is 54.6 Å². The summed E-state index contributed by atoms with van der Waals surface area (Å²) in [5.41, 5.74) is 10.1. The zero-order valence-electron chi connectivity index (χ0n) is 22.4. The number of esters is 1. The van der Waals surface area contributed by atoms with Crippen molar-refractivity contribution in [3.63, 3.8) is 0 Å². The zero-order valence-corrected chi connectivity index (χ0v) is 22.4. The fourth-order valence-corrected chi connectivity index (χ4v) is 4.65. The molecule has 1 saturated carbocycles. The molecule has 2 amide bonds. The van der Waals surface area contributed by atoms with Gasteiger partial charge in [-0.05, 0) is 79.8 Å². The first-order chi connectivity index (χ1) is 19.0. The summed E-state index contributed by atoms with van der Waals surface area (Å²) in [7, 11) is 0. The number of rotatable bonds is 14. The van der Waals surface area contributed by atoms with Gasteiger partial charge < -0.3 is 20.5 Å². The van der Waals surface area contributed by atoms with Crippen LogP contribution in [0.5, 0.6) is 5.75 Å². The van der Waals surface area contributed by atoms with Gasteiger partial charge in [0, 0.05) is 17.5 Å². The molecule has 7 heteroatoms. The normalized spacial score (nSPS) is 13.4. The van der Waals surface area contributed by atoms with Crippen molar-refractivity contribution < 1.29 is 23.9 Å². The predicted octanol–water partition coefficient (Wildman–Crippen LogP) is 5.69. The Morgan fingerprint density at radius 2 is 1.69 bits per heavy atom. The number of benzene rings is 3. The number of hydrogen-bond donors (Lipinski definition) is 2. The summed E-state index contributed by atoms with van der Waals surface area (Å²) in [6, 6.07) is 21.9. The Kier molecular flexibility index (Phi) is 9.73. The molecule has 0 bridgehead atoms. The largest absolute Gasteiger partial charge is 0.493 e. The SMILES string of the molecule is CCOC(=O)CCCCCOc1ccccc1C(NC(=O)c1ccc(-c2ccccc2)c(C2CC2)c1)C(N)=O. The van der Waals surface area contributed by atoms with Crippen LogP contribution < -0.4 is 15.8 Å². The van der Waals surface area contributed by atoms with Gasteiger partial charge in [0.25, 0.3) is 5.91 Å². The molecule has 1 fully saturated rings. The second-order valence-electron chi connectivity index (χ2n) is 9.75. The molecule has 3 N–H and O–H groups in total. The van der Waals surface area contributed by atoms with Gasteiger partial charge >= 0.3 is 5.97 Å². The number of nitrogens with one attached hydrogen (secondary N) is 1. The van der Waals surface area contributed by atoms with E-state index in [0.717, 1.165) is 48.8 Å². The molecule has 1 unspecified atom stereocenters. The smallest absolute Gasteiger partial charge is 0.305 e. The maximum atomic E-state index is 13.3. The summed E-state index contributed by atoms with van der Waals surface area (Å²) in [4.78, 5) is 37.3. The molecular weight excluding hydrogens is 492 g/mol. The van der Waals surface area contributed by atoms with E-state index in [0.29, 0.717) is 42.4 Å². The monoisotopic (exact) mass is 528 g/mol. The van der Waals surface area contributed by atoms with E-state index in [2.05, 4.69) is 17.4 Å². The first kappa shape index (κ1) is 27.9. The fraction of sp³-hybridized carbons (Fsp3) is 0.344. The molecule has 3 aromatic carbocycles. The molecule has 0 heterocycles. The highest BCUT2D eigenvalue weighted by Crippen LogP contribution is 2.44. The van der Waals surface area contributed by atoms with Crippen molar-refractivity contribution >= 4 is 17.8 Å². The van der Waals surface area contributed by atoms with Crippen molar-refractivity contribution in [2.45, 2.75) is 57.4 Å². The van der Waals surface area contributed by atoms with Gasteiger partial charge in [-0.3, -0.25) is 14.4 Å². The summed E-state index contributed by atoms with van der Waals surface area (Å²) in [6.07, 6.45) is 4.84. The molecule has 1 aliphatic rings. The van der Waals surface area contributed by atoms with Gasteiger partial charge in [-0.15, -0.1) is 0 Å². The molecule has 7 nitrogen and oxygen atoms in total. The van der Waals surface area contributed by atoms with Gasteiger partial charge in [-0.25, -0.2) is 0 Å². The Balaban J connectivity index is 1.43. The van der Waals surface area contributed by atoms with Crippen LogP contribution in [-0.2, 0) is 14.3 Å². The van der Waals surface area contributed by atoms with E-state index in [9.17, 15) is 14.4 Å². The van der Waals surface area contributed by atoms with Crippen molar-refractivity contribution in [1.82, 2.24) is 5.32 Å². The fourth-order valence-electron chi connectivity index (χ4n) is 4.65. The Labute approximate surface area is 229 Å². The van der Waals surface area contributed by atoms with E-state index < -0.39 is 11.9 Å². The summed E-state index contributed by atoms with van der Waals surface area (Å²) in [5.74, 6) is -0.301. The number of para-hydroxylation sites is 1. The standard InChI is InChI=1S/C32H36N2O5/c1-2-38-29(35)15-7-4-10-20-39-28-14-9-8-13-26(28)30(31(33)36)34-32(37)24-18-19-25(22-11-5-3-6-12-22)27(21-24)23-16-17-23/h3,5-6,8-9,11-14,18-19,21,23,30H,2,4,7,10,15-17,20H2,1H3,(H2,33,36)(H,34,37). The summed E-state index contributed by atoms with van der Waals surface area (Å²) < 4.78 is 10.9. The van der Waals surface area contributed by atoms with Crippen LogP contribution in [0.15, 0.2) is 72.8 Å². The van der Waals surface area contributed by atoms with Crippen molar-refractivity contribution in [3.8, 4) is 16.9 Å². The lowest BCUT2D eigenvalue weighted by Crippen LogP contribution is -2.37. The lowest BCUT2D eigenvalue weighted by atomic mass is 9.94. The lowest BCUT2D eigenvalue weighted by molar-refractivity contribution is -0.143. The molecule has 1 atom stereocenters. The van der Waals surface area contributed by atoms with Crippen LogP contribution in [0.25, 0.3) is 11.1 Å². The zero-order chi connectivity index (χ0) is 27.6. The number of carbonyl (C=O) groups excluding carboxylic acids is 3. The van der Waals surface area contributed by atoms with Gasteiger partial charge in [-0.2, -0.15) is 0 Å². The summed E-state index contributed by atoms with van der Waals surface area (Å²) in [6.45, 7) is 2.58. The van der Waals surface area contributed by atoms with Crippen LogP contribution in [0.4, 0.5) is 0 Å². The molecule has 39 heavy (non-hydrogen) atoms. The average Bonchev–Trinajstić information content (AvgIpc) is 3.80. The van der Waals surface area contributed by atoms with Crippen molar-refractivity contribution in [3.05, 3.63) is 89.5 Å². The van der Waals surface area contributed by atoms with Crippen molar-refractivity contribution in [2.24, 2.45) is 5.73 Å². The molecular formula is C32H36N2O5. The summed E-state index contributed by atoms with van der Waals surface area (Å²) in [5, 5.41) is 2.83. The molecule has 0 saturated heterocycles. The van der Waals surface area contributed by atoms with E-state index in [-0.39, 0.29) is 11.9 Å². The highest BCUT2D eigenvalue weighted by Gasteiger charge is 2.29. The quantitative estimate of drug-likeness (QED) is 0.206. The van der Waals surface area contributed by atoms with E-state index in [1.807, 2.05) is 36.4 Å². The van der Waals surface area contributed by atoms with Gasteiger partial charge in [0.15, 0.2) is 0 Å². The average molecular weight is 529 g/mol. The minimum atomic E-state index is -1.05. The van der Waals surface area contributed by atoms with Gasteiger partial charge in [0.2, 0.25) is 5.91 Å². The highest BCUT2D eigenvalue weighted by molar-refractivity contribution is 5.98. The van der Waals surface area contributed by atoms with Crippen LogP contribution in [0.3, 0.4) is 0 Å². The third-order valence-corrected chi connectivity index (χ3v) is 6.79. The van der Waals surface area contributed by atoms with Crippen LogP contribution in [0, 0.1) is 0 Å². The molecule has 0 radical (unpaired) electrons. The van der Waals surface area contributed by atoms with E-state index in [4.69, 9.17) is 15.2 Å². The third kappa shape index (κ3) is 7.69. The number of ether oxygens (including phenoxy) is 2. The predicted molar refractivity (Wildman–Crippen MR) is 150 cm³/mol. The second kappa shape index (κ2) is 13.6. The molecule has 204 valence electrons. The number of carbonyl (C=O) groups is 3. The first-order valence-electron chi connectivity index (χ1n) is 13.6. The minimum absolute atomic E-state index is 0.192. The molecule has 1 aliphatic carbocycles. The molecule has 0 aliphatic heterocycles. The van der Waals surface area contributed by atoms with E-state index >= 15 is 0 Å². The topological polar surface area (TPSA) is 108 Å².